The first-order valence-corrected chi connectivity index (χ1v) is 8.43. The van der Waals surface area contributed by atoms with Gasteiger partial charge in [0.05, 0.1) is 6.61 Å². The average molecular weight is 308 g/mol. The number of hydrogen-bond donors (Lipinski definition) is 1. The van der Waals surface area contributed by atoms with Gasteiger partial charge in [-0.1, -0.05) is 6.07 Å². The molecule has 1 fully saturated rings. The predicted octanol–water partition coefficient (Wildman–Crippen LogP) is 3.39. The maximum Gasteiger partial charge on any atom is 0.165 e. The number of hydrogen-bond acceptors (Lipinski definition) is 3. The van der Waals surface area contributed by atoms with Gasteiger partial charge in [0.15, 0.2) is 11.6 Å². The third-order valence-corrected chi connectivity index (χ3v) is 4.81. The molecule has 0 radical (unpaired) electrons. The second-order valence-corrected chi connectivity index (χ2v) is 6.43. The molecule has 2 N–H and O–H groups in total. The largest absolute Gasteiger partial charge is 0.491 e. The fourth-order valence-corrected chi connectivity index (χ4v) is 3.46. The summed E-state index contributed by atoms with van der Waals surface area (Å²) in [5.41, 5.74) is 7.02. The molecular formula is C18H29FN2O. The summed E-state index contributed by atoms with van der Waals surface area (Å²) in [7, 11) is 0. The van der Waals surface area contributed by atoms with E-state index in [1.165, 1.54) is 0 Å². The Balaban J connectivity index is 2.07. The maximum absolute atomic E-state index is 14.1. The quantitative estimate of drug-likeness (QED) is 0.875. The zero-order valence-corrected chi connectivity index (χ0v) is 14.0. The highest BCUT2D eigenvalue weighted by molar-refractivity contribution is 5.32. The topological polar surface area (TPSA) is 38.5 Å². The molecule has 1 aromatic rings. The van der Waals surface area contributed by atoms with E-state index in [1.54, 1.807) is 12.1 Å². The van der Waals surface area contributed by atoms with Crippen LogP contribution in [0.2, 0.25) is 0 Å². The van der Waals surface area contributed by atoms with Gasteiger partial charge in [-0.05, 0) is 82.8 Å². The minimum atomic E-state index is -0.280. The van der Waals surface area contributed by atoms with Gasteiger partial charge in [-0.3, -0.25) is 0 Å². The van der Waals surface area contributed by atoms with Crippen LogP contribution in [0.4, 0.5) is 4.39 Å². The van der Waals surface area contributed by atoms with E-state index in [-0.39, 0.29) is 11.7 Å². The van der Waals surface area contributed by atoms with Gasteiger partial charge in [0.25, 0.3) is 0 Å². The van der Waals surface area contributed by atoms with Gasteiger partial charge in [-0.25, -0.2) is 4.39 Å². The summed E-state index contributed by atoms with van der Waals surface area (Å²) in [6, 6.07) is 5.91. The van der Waals surface area contributed by atoms with Crippen LogP contribution >= 0.6 is 0 Å². The van der Waals surface area contributed by atoms with Crippen LogP contribution in [0.1, 0.15) is 45.1 Å². The third-order valence-electron chi connectivity index (χ3n) is 4.81. The molecule has 1 atom stereocenters. The molecule has 0 amide bonds. The molecule has 1 aromatic carbocycles. The number of piperidine rings is 1. The Morgan fingerprint density at radius 1 is 1.32 bits per heavy atom. The molecule has 0 spiro atoms. The van der Waals surface area contributed by atoms with Gasteiger partial charge in [0.1, 0.15) is 0 Å². The summed E-state index contributed by atoms with van der Waals surface area (Å²) in [5.74, 6) is 0.825. The molecule has 0 bridgehead atoms. The smallest absolute Gasteiger partial charge is 0.165 e. The minimum Gasteiger partial charge on any atom is -0.491 e. The number of rotatable bonds is 6. The standard InChI is InChI=1S/C18H29FN2O/c1-4-22-18-6-5-15(11-17(18)19)16(12-20)14-7-9-21(10-8-14)13(2)3/h5-6,11,13-14,16H,4,7-10,12,20H2,1-3H3. The van der Waals surface area contributed by atoms with Crippen molar-refractivity contribution in [2.24, 2.45) is 11.7 Å². The van der Waals surface area contributed by atoms with Gasteiger partial charge in [-0.15, -0.1) is 0 Å². The Bertz CT molecular complexity index is 470. The van der Waals surface area contributed by atoms with E-state index in [1.807, 2.05) is 13.0 Å². The van der Waals surface area contributed by atoms with E-state index in [2.05, 4.69) is 18.7 Å². The van der Waals surface area contributed by atoms with Crippen LogP contribution in [0.15, 0.2) is 18.2 Å². The van der Waals surface area contributed by atoms with E-state index in [0.717, 1.165) is 31.5 Å². The van der Waals surface area contributed by atoms with Crippen LogP contribution in [0.3, 0.4) is 0 Å². The van der Waals surface area contributed by atoms with Crippen LogP contribution in [0.25, 0.3) is 0 Å². The zero-order chi connectivity index (χ0) is 16.1. The summed E-state index contributed by atoms with van der Waals surface area (Å²) in [5, 5.41) is 0. The highest BCUT2D eigenvalue weighted by atomic mass is 19.1. The molecule has 124 valence electrons. The molecule has 3 nitrogen and oxygen atoms in total. The number of benzene rings is 1. The lowest BCUT2D eigenvalue weighted by molar-refractivity contribution is 0.138. The molecule has 4 heteroatoms. The van der Waals surface area contributed by atoms with Crippen LogP contribution in [0.5, 0.6) is 5.75 Å². The number of halogens is 1. The Hall–Kier alpha value is -1.13. The van der Waals surface area contributed by atoms with Gasteiger partial charge in [0, 0.05) is 6.04 Å². The second-order valence-electron chi connectivity index (χ2n) is 6.43. The van der Waals surface area contributed by atoms with Crippen molar-refractivity contribution in [1.82, 2.24) is 4.90 Å². The fourth-order valence-electron chi connectivity index (χ4n) is 3.46. The molecule has 1 saturated heterocycles. The van der Waals surface area contributed by atoms with Crippen LogP contribution in [0, 0.1) is 11.7 Å². The molecule has 1 aliphatic rings. The summed E-state index contributed by atoms with van der Waals surface area (Å²) in [4.78, 5) is 2.50. The zero-order valence-electron chi connectivity index (χ0n) is 14.0. The highest BCUT2D eigenvalue weighted by Crippen LogP contribution is 2.34. The van der Waals surface area contributed by atoms with Gasteiger partial charge in [0.2, 0.25) is 0 Å². The van der Waals surface area contributed by atoms with Gasteiger partial charge in [-0.2, -0.15) is 0 Å². The van der Waals surface area contributed by atoms with Crippen LogP contribution in [-0.4, -0.2) is 37.2 Å². The maximum atomic E-state index is 14.1. The van der Waals surface area contributed by atoms with E-state index < -0.39 is 0 Å². The van der Waals surface area contributed by atoms with Crippen LogP contribution < -0.4 is 10.5 Å². The first kappa shape index (κ1) is 17.2. The Morgan fingerprint density at radius 3 is 2.50 bits per heavy atom. The Morgan fingerprint density at radius 2 is 2.00 bits per heavy atom. The van der Waals surface area contributed by atoms with E-state index >= 15 is 0 Å². The summed E-state index contributed by atoms with van der Waals surface area (Å²) in [6.07, 6.45) is 2.27. The molecule has 1 aliphatic heterocycles. The Labute approximate surface area is 133 Å². The van der Waals surface area contributed by atoms with Gasteiger partial charge >= 0.3 is 0 Å². The molecule has 22 heavy (non-hydrogen) atoms. The number of likely N-dealkylation sites (tertiary alicyclic amines) is 1. The fraction of sp³-hybridized carbons (Fsp3) is 0.667. The van der Waals surface area contributed by atoms with Crippen molar-refractivity contribution in [2.45, 2.75) is 45.6 Å². The molecule has 0 aliphatic carbocycles. The van der Waals surface area contributed by atoms with E-state index in [4.69, 9.17) is 10.5 Å². The first-order chi connectivity index (χ1) is 10.6. The van der Waals surface area contributed by atoms with E-state index in [0.29, 0.717) is 30.9 Å². The van der Waals surface area contributed by atoms with Crippen molar-refractivity contribution in [3.63, 3.8) is 0 Å². The molecule has 0 aromatic heterocycles. The molecular weight excluding hydrogens is 279 g/mol. The molecule has 1 heterocycles. The predicted molar refractivity (Wildman–Crippen MR) is 88.8 cm³/mol. The number of nitrogens with two attached hydrogens (primary N) is 1. The highest BCUT2D eigenvalue weighted by Gasteiger charge is 2.28. The molecule has 2 rings (SSSR count). The monoisotopic (exact) mass is 308 g/mol. The minimum absolute atomic E-state index is 0.236. The summed E-state index contributed by atoms with van der Waals surface area (Å²) in [6.45, 7) is 9.60. The molecule has 1 unspecified atom stereocenters. The lowest BCUT2D eigenvalue weighted by atomic mass is 9.80. The lowest BCUT2D eigenvalue weighted by Gasteiger charge is -2.38. The van der Waals surface area contributed by atoms with Crippen LogP contribution in [-0.2, 0) is 0 Å². The van der Waals surface area contributed by atoms with Gasteiger partial charge < -0.3 is 15.4 Å². The van der Waals surface area contributed by atoms with Crippen molar-refractivity contribution in [2.75, 3.05) is 26.2 Å². The number of ether oxygens (including phenoxy) is 1. The van der Waals surface area contributed by atoms with Crippen molar-refractivity contribution in [1.29, 1.82) is 0 Å². The van der Waals surface area contributed by atoms with Crippen molar-refractivity contribution >= 4 is 0 Å². The van der Waals surface area contributed by atoms with Crippen molar-refractivity contribution in [3.8, 4) is 5.75 Å². The SMILES string of the molecule is CCOc1ccc(C(CN)C2CCN(C(C)C)CC2)cc1F. The summed E-state index contributed by atoms with van der Waals surface area (Å²) >= 11 is 0. The summed E-state index contributed by atoms with van der Waals surface area (Å²) < 4.78 is 19.4. The van der Waals surface area contributed by atoms with Crippen molar-refractivity contribution < 1.29 is 9.13 Å². The first-order valence-electron chi connectivity index (χ1n) is 8.43. The average Bonchev–Trinajstić information content (AvgIpc) is 2.51. The lowest BCUT2D eigenvalue weighted by Crippen LogP contribution is -2.40. The number of nitrogens with zero attached hydrogens (tertiary/aromatic N) is 1. The third kappa shape index (κ3) is 3.99. The normalized spacial score (nSPS) is 18.6. The van der Waals surface area contributed by atoms with E-state index in [9.17, 15) is 4.39 Å². The Kier molecular flexibility index (Phi) is 6.21. The van der Waals surface area contributed by atoms with Crippen molar-refractivity contribution in [3.05, 3.63) is 29.6 Å². The second kappa shape index (κ2) is 7.93. The molecule has 0 saturated carbocycles.